The highest BCUT2D eigenvalue weighted by molar-refractivity contribution is 5.60. The number of piperidine rings is 1. The fourth-order valence-electron chi connectivity index (χ4n) is 3.38. The Hall–Kier alpha value is -1.88. The normalized spacial score (nSPS) is 19.8. The first kappa shape index (κ1) is 14.7. The molecule has 0 atom stereocenters. The van der Waals surface area contributed by atoms with Crippen molar-refractivity contribution in [3.8, 4) is 11.4 Å². The van der Waals surface area contributed by atoms with Gasteiger partial charge in [0, 0.05) is 36.8 Å². The Morgan fingerprint density at radius 2 is 1.83 bits per heavy atom. The molecule has 2 heterocycles. The lowest BCUT2D eigenvalue weighted by molar-refractivity contribution is 0.273. The molecule has 2 aliphatic rings. The molecular formula is C18H24N4O. The van der Waals surface area contributed by atoms with Gasteiger partial charge in [-0.1, -0.05) is 11.6 Å². The second-order valence-corrected chi connectivity index (χ2v) is 6.88. The lowest BCUT2D eigenvalue weighted by Crippen LogP contribution is -2.39. The molecule has 1 aromatic carbocycles. The second kappa shape index (κ2) is 6.32. The molecule has 122 valence electrons. The topological polar surface area (TPSA) is 68.2 Å². The Balaban J connectivity index is 1.43. The van der Waals surface area contributed by atoms with Gasteiger partial charge in [-0.15, -0.1) is 0 Å². The quantitative estimate of drug-likeness (QED) is 0.940. The van der Waals surface area contributed by atoms with Crippen molar-refractivity contribution in [2.75, 3.05) is 18.0 Å². The highest BCUT2D eigenvalue weighted by Gasteiger charge is 2.21. The number of rotatable bonds is 4. The molecule has 0 unspecified atom stereocenters. The molecule has 0 spiro atoms. The average Bonchev–Trinajstić information content (AvgIpc) is 3.01. The molecule has 0 bridgehead atoms. The molecule has 4 rings (SSSR count). The van der Waals surface area contributed by atoms with E-state index in [0.717, 1.165) is 49.7 Å². The minimum absolute atomic E-state index is 0.360. The van der Waals surface area contributed by atoms with Crippen LogP contribution in [0.25, 0.3) is 11.4 Å². The Bertz CT molecular complexity index is 639. The number of benzene rings is 1. The molecule has 1 saturated heterocycles. The minimum Gasteiger partial charge on any atom is -0.371 e. The first-order valence-electron chi connectivity index (χ1n) is 8.71. The SMILES string of the molecule is NC1CCN(c2ccc(-c3noc(CC4CCC4)n3)cc2)CC1. The van der Waals surface area contributed by atoms with Crippen LogP contribution in [0.2, 0.25) is 0 Å². The van der Waals surface area contributed by atoms with E-state index in [1.165, 1.54) is 24.9 Å². The Morgan fingerprint density at radius 1 is 1.09 bits per heavy atom. The summed E-state index contributed by atoms with van der Waals surface area (Å²) in [5, 5.41) is 4.13. The van der Waals surface area contributed by atoms with E-state index < -0.39 is 0 Å². The van der Waals surface area contributed by atoms with E-state index in [4.69, 9.17) is 10.3 Å². The summed E-state index contributed by atoms with van der Waals surface area (Å²) < 4.78 is 5.40. The number of nitrogens with two attached hydrogens (primary N) is 1. The zero-order chi connectivity index (χ0) is 15.6. The second-order valence-electron chi connectivity index (χ2n) is 6.88. The maximum atomic E-state index is 5.97. The van der Waals surface area contributed by atoms with Crippen LogP contribution < -0.4 is 10.6 Å². The van der Waals surface area contributed by atoms with Gasteiger partial charge in [-0.25, -0.2) is 0 Å². The summed E-state index contributed by atoms with van der Waals surface area (Å²) in [6.07, 6.45) is 7.00. The summed E-state index contributed by atoms with van der Waals surface area (Å²) in [5.74, 6) is 2.22. The summed E-state index contributed by atoms with van der Waals surface area (Å²) in [5.41, 5.74) is 8.24. The van der Waals surface area contributed by atoms with Crippen molar-refractivity contribution in [3.63, 3.8) is 0 Å². The summed E-state index contributed by atoms with van der Waals surface area (Å²) in [6, 6.07) is 8.82. The molecular weight excluding hydrogens is 288 g/mol. The van der Waals surface area contributed by atoms with Crippen molar-refractivity contribution in [3.05, 3.63) is 30.2 Å². The number of hydrogen-bond donors (Lipinski definition) is 1. The van der Waals surface area contributed by atoms with E-state index in [0.29, 0.717) is 11.9 Å². The lowest BCUT2D eigenvalue weighted by Gasteiger charge is -2.32. The van der Waals surface area contributed by atoms with Crippen LogP contribution in [0, 0.1) is 5.92 Å². The molecule has 2 N–H and O–H groups in total. The van der Waals surface area contributed by atoms with Crippen molar-refractivity contribution >= 4 is 5.69 Å². The maximum Gasteiger partial charge on any atom is 0.227 e. The molecule has 1 saturated carbocycles. The van der Waals surface area contributed by atoms with Gasteiger partial charge in [-0.05, 0) is 55.9 Å². The largest absolute Gasteiger partial charge is 0.371 e. The number of hydrogen-bond acceptors (Lipinski definition) is 5. The Labute approximate surface area is 136 Å². The summed E-state index contributed by atoms with van der Waals surface area (Å²) >= 11 is 0. The van der Waals surface area contributed by atoms with Crippen LogP contribution in [0.5, 0.6) is 0 Å². The van der Waals surface area contributed by atoms with Crippen LogP contribution in [0.15, 0.2) is 28.8 Å². The van der Waals surface area contributed by atoms with Crippen LogP contribution in [0.4, 0.5) is 5.69 Å². The van der Waals surface area contributed by atoms with Crippen LogP contribution in [-0.4, -0.2) is 29.3 Å². The zero-order valence-corrected chi connectivity index (χ0v) is 13.4. The predicted octanol–water partition coefficient (Wildman–Crippen LogP) is 3.01. The van der Waals surface area contributed by atoms with Crippen molar-refractivity contribution in [1.29, 1.82) is 0 Å². The molecule has 1 aromatic heterocycles. The Morgan fingerprint density at radius 3 is 2.48 bits per heavy atom. The predicted molar refractivity (Wildman–Crippen MR) is 90.2 cm³/mol. The van der Waals surface area contributed by atoms with Crippen molar-refractivity contribution in [2.24, 2.45) is 11.7 Å². The molecule has 1 aliphatic carbocycles. The van der Waals surface area contributed by atoms with Crippen molar-refractivity contribution in [2.45, 2.75) is 44.6 Å². The third-order valence-electron chi connectivity index (χ3n) is 5.19. The maximum absolute atomic E-state index is 5.97. The van der Waals surface area contributed by atoms with E-state index in [1.54, 1.807) is 0 Å². The molecule has 23 heavy (non-hydrogen) atoms. The molecule has 0 amide bonds. The minimum atomic E-state index is 0.360. The van der Waals surface area contributed by atoms with E-state index in [-0.39, 0.29) is 0 Å². The van der Waals surface area contributed by atoms with Gasteiger partial charge in [-0.2, -0.15) is 4.98 Å². The molecule has 0 radical (unpaired) electrons. The Kier molecular flexibility index (Phi) is 4.04. The average molecular weight is 312 g/mol. The lowest BCUT2D eigenvalue weighted by atomic mass is 9.83. The van der Waals surface area contributed by atoms with Gasteiger partial charge in [0.15, 0.2) is 0 Å². The van der Waals surface area contributed by atoms with Gasteiger partial charge in [0.25, 0.3) is 0 Å². The molecule has 2 fully saturated rings. The smallest absolute Gasteiger partial charge is 0.227 e. The monoisotopic (exact) mass is 312 g/mol. The van der Waals surface area contributed by atoms with Gasteiger partial charge < -0.3 is 15.2 Å². The highest BCUT2D eigenvalue weighted by Crippen LogP contribution is 2.30. The summed E-state index contributed by atoms with van der Waals surface area (Å²) in [6.45, 7) is 2.07. The zero-order valence-electron chi connectivity index (χ0n) is 13.4. The van der Waals surface area contributed by atoms with E-state index >= 15 is 0 Å². The molecule has 1 aliphatic heterocycles. The van der Waals surface area contributed by atoms with Crippen LogP contribution >= 0.6 is 0 Å². The standard InChI is InChI=1S/C18H24N4O/c19-15-8-10-22(11-9-15)16-6-4-14(5-7-16)18-20-17(23-21-18)12-13-2-1-3-13/h4-7,13,15H,1-3,8-12,19H2. The fourth-order valence-corrected chi connectivity index (χ4v) is 3.38. The summed E-state index contributed by atoms with van der Waals surface area (Å²) in [7, 11) is 0. The van der Waals surface area contributed by atoms with Crippen LogP contribution in [0.3, 0.4) is 0 Å². The highest BCUT2D eigenvalue weighted by atomic mass is 16.5. The number of aromatic nitrogens is 2. The van der Waals surface area contributed by atoms with E-state index in [1.807, 2.05) is 0 Å². The van der Waals surface area contributed by atoms with Gasteiger partial charge in [-0.3, -0.25) is 0 Å². The number of anilines is 1. The van der Waals surface area contributed by atoms with Crippen molar-refractivity contribution in [1.82, 2.24) is 10.1 Å². The molecule has 5 nitrogen and oxygen atoms in total. The number of nitrogens with zero attached hydrogens (tertiary/aromatic N) is 3. The van der Waals surface area contributed by atoms with Gasteiger partial charge in [0.05, 0.1) is 0 Å². The summed E-state index contributed by atoms with van der Waals surface area (Å²) in [4.78, 5) is 6.94. The van der Waals surface area contributed by atoms with E-state index in [2.05, 4.69) is 39.3 Å². The third kappa shape index (κ3) is 3.24. The van der Waals surface area contributed by atoms with Gasteiger partial charge >= 0.3 is 0 Å². The van der Waals surface area contributed by atoms with Gasteiger partial charge in [0.1, 0.15) is 0 Å². The first-order chi connectivity index (χ1) is 11.3. The third-order valence-corrected chi connectivity index (χ3v) is 5.19. The fraction of sp³-hybridized carbons (Fsp3) is 0.556. The first-order valence-corrected chi connectivity index (χ1v) is 8.71. The van der Waals surface area contributed by atoms with Crippen LogP contribution in [-0.2, 0) is 6.42 Å². The van der Waals surface area contributed by atoms with Crippen LogP contribution in [0.1, 0.15) is 38.0 Å². The van der Waals surface area contributed by atoms with Crippen molar-refractivity contribution < 1.29 is 4.52 Å². The molecule has 5 heteroatoms. The molecule has 2 aromatic rings. The van der Waals surface area contributed by atoms with E-state index in [9.17, 15) is 0 Å². The van der Waals surface area contributed by atoms with Gasteiger partial charge in [0.2, 0.25) is 11.7 Å².